The Morgan fingerprint density at radius 3 is 2.41 bits per heavy atom. The summed E-state index contributed by atoms with van der Waals surface area (Å²) < 4.78 is 0. The molecule has 2 aliphatic rings. The summed E-state index contributed by atoms with van der Waals surface area (Å²) in [5.41, 5.74) is 3.94. The van der Waals surface area contributed by atoms with E-state index >= 15 is 0 Å². The Morgan fingerprint density at radius 2 is 1.78 bits per heavy atom. The molecule has 0 bridgehead atoms. The molecule has 4 rings (SSSR count). The number of thioether (sulfide) groups is 1. The van der Waals surface area contributed by atoms with Gasteiger partial charge in [0, 0.05) is 42.4 Å². The number of hydrogen-bond acceptors (Lipinski definition) is 6. The Labute approximate surface area is 193 Å². The largest absolute Gasteiger partial charge is 0.372 e. The number of nitrogens with one attached hydrogen (secondary N) is 2. The second-order valence-electron chi connectivity index (χ2n) is 9.22. The number of rotatable bonds is 6. The van der Waals surface area contributed by atoms with E-state index in [-0.39, 0.29) is 16.8 Å². The molecule has 0 amide bonds. The van der Waals surface area contributed by atoms with Gasteiger partial charge in [-0.3, -0.25) is 9.59 Å². The van der Waals surface area contributed by atoms with Crippen molar-refractivity contribution in [1.82, 2.24) is 9.97 Å². The minimum atomic E-state index is -0.410. The normalized spacial score (nSPS) is 19.3. The van der Waals surface area contributed by atoms with Crippen molar-refractivity contribution in [3.63, 3.8) is 0 Å². The number of anilines is 2. The van der Waals surface area contributed by atoms with E-state index in [0.717, 1.165) is 47.8 Å². The average Bonchev–Trinajstić information content (AvgIpc) is 2.73. The van der Waals surface area contributed by atoms with Crippen LogP contribution in [0, 0.1) is 5.41 Å². The Hall–Kier alpha value is -2.54. The number of Topliss-reactive ketones (excluding diaryl/α,β-unsaturated/α-hetero) is 1. The Balaban J connectivity index is 1.88. The van der Waals surface area contributed by atoms with Gasteiger partial charge < -0.3 is 15.2 Å². The number of H-pyrrole nitrogens is 1. The van der Waals surface area contributed by atoms with E-state index in [4.69, 9.17) is 4.98 Å². The SMILES string of the molecule is CCSc1nc2c(c(=O)[nH]1)[C@@H](c1ccc(N(CC)CC)cc1)C1=C(CC(C)(C)CC1=O)N2. The molecule has 2 heterocycles. The van der Waals surface area contributed by atoms with E-state index in [1.165, 1.54) is 11.8 Å². The monoisotopic (exact) mass is 452 g/mol. The zero-order chi connectivity index (χ0) is 23.0. The van der Waals surface area contributed by atoms with E-state index in [9.17, 15) is 9.59 Å². The van der Waals surface area contributed by atoms with Crippen LogP contribution in [-0.2, 0) is 4.79 Å². The molecule has 0 saturated carbocycles. The fourth-order valence-electron chi connectivity index (χ4n) is 4.90. The molecule has 0 radical (unpaired) electrons. The van der Waals surface area contributed by atoms with Crippen molar-refractivity contribution in [2.75, 3.05) is 29.1 Å². The molecule has 0 fully saturated rings. The molecule has 6 nitrogen and oxygen atoms in total. The third-order valence-corrected chi connectivity index (χ3v) is 7.09. The predicted molar refractivity (Wildman–Crippen MR) is 132 cm³/mol. The Bertz CT molecular complexity index is 1110. The van der Waals surface area contributed by atoms with E-state index in [2.05, 4.69) is 67.2 Å². The smallest absolute Gasteiger partial charge is 0.257 e. The van der Waals surface area contributed by atoms with Crippen molar-refractivity contribution in [1.29, 1.82) is 0 Å². The fourth-order valence-corrected chi connectivity index (χ4v) is 5.49. The van der Waals surface area contributed by atoms with Crippen LogP contribution in [0.2, 0.25) is 0 Å². The van der Waals surface area contributed by atoms with Crippen molar-refractivity contribution >= 4 is 29.1 Å². The first-order chi connectivity index (χ1) is 15.3. The van der Waals surface area contributed by atoms with Gasteiger partial charge in [-0.15, -0.1) is 0 Å². The van der Waals surface area contributed by atoms with Crippen LogP contribution < -0.4 is 15.8 Å². The van der Waals surface area contributed by atoms with Crippen LogP contribution in [-0.4, -0.2) is 34.6 Å². The zero-order valence-corrected chi connectivity index (χ0v) is 20.4. The quantitative estimate of drug-likeness (QED) is 0.478. The first kappa shape index (κ1) is 22.6. The minimum Gasteiger partial charge on any atom is -0.372 e. The van der Waals surface area contributed by atoms with Gasteiger partial charge in [0.25, 0.3) is 5.56 Å². The lowest BCUT2D eigenvalue weighted by Gasteiger charge is -2.38. The van der Waals surface area contributed by atoms with Gasteiger partial charge in [-0.05, 0) is 49.1 Å². The summed E-state index contributed by atoms with van der Waals surface area (Å²) in [5.74, 6) is 1.09. The number of nitrogens with zero attached hydrogens (tertiary/aromatic N) is 2. The van der Waals surface area contributed by atoms with Gasteiger partial charge in [0.2, 0.25) is 0 Å². The molecule has 7 heteroatoms. The Kier molecular flexibility index (Phi) is 6.21. The third kappa shape index (κ3) is 4.10. The predicted octanol–water partition coefficient (Wildman–Crippen LogP) is 4.93. The molecular weight excluding hydrogens is 420 g/mol. The molecule has 1 atom stereocenters. The van der Waals surface area contributed by atoms with Crippen LogP contribution in [0.15, 0.2) is 45.5 Å². The van der Waals surface area contributed by atoms with Crippen LogP contribution in [0.25, 0.3) is 0 Å². The van der Waals surface area contributed by atoms with Gasteiger partial charge in [-0.1, -0.05) is 44.7 Å². The maximum atomic E-state index is 13.3. The van der Waals surface area contributed by atoms with Crippen LogP contribution in [0.1, 0.15) is 64.5 Å². The zero-order valence-electron chi connectivity index (χ0n) is 19.5. The highest BCUT2D eigenvalue weighted by Gasteiger charge is 2.42. The topological polar surface area (TPSA) is 78.1 Å². The molecule has 1 aromatic heterocycles. The van der Waals surface area contributed by atoms with E-state index < -0.39 is 5.92 Å². The van der Waals surface area contributed by atoms with Crippen molar-refractivity contribution in [3.05, 3.63) is 57.0 Å². The van der Waals surface area contributed by atoms with Crippen LogP contribution in [0.3, 0.4) is 0 Å². The number of aromatic amines is 1. The summed E-state index contributed by atoms with van der Waals surface area (Å²) in [5, 5.41) is 3.98. The van der Waals surface area contributed by atoms with Gasteiger partial charge in [0.1, 0.15) is 5.82 Å². The third-order valence-electron chi connectivity index (χ3n) is 6.34. The lowest BCUT2D eigenvalue weighted by atomic mass is 9.69. The minimum absolute atomic E-state index is 0.110. The summed E-state index contributed by atoms with van der Waals surface area (Å²) >= 11 is 1.50. The van der Waals surface area contributed by atoms with Gasteiger partial charge >= 0.3 is 0 Å². The van der Waals surface area contributed by atoms with E-state index in [0.29, 0.717) is 23.0 Å². The highest BCUT2D eigenvalue weighted by atomic mass is 32.2. The molecule has 2 aromatic rings. The van der Waals surface area contributed by atoms with Crippen LogP contribution in [0.5, 0.6) is 0 Å². The number of fused-ring (bicyclic) bond motifs is 1. The van der Waals surface area contributed by atoms with Crippen molar-refractivity contribution in [2.45, 2.75) is 58.5 Å². The molecule has 0 saturated heterocycles. The average molecular weight is 453 g/mol. The lowest BCUT2D eigenvalue weighted by molar-refractivity contribution is -0.118. The standard InChI is InChI=1S/C25H32N4O2S/c1-6-29(7-2)16-11-9-15(10-12-16)19-20-17(13-25(4,5)14-18(20)30)26-22-21(19)23(31)28-24(27-22)32-8-3/h9-12,19H,6-8,13-14H2,1-5H3,(H2,26,27,28,31)/t19-/m0/s1. The molecule has 1 aromatic carbocycles. The fraction of sp³-hybridized carbons (Fsp3) is 0.480. The molecule has 0 spiro atoms. The second-order valence-corrected chi connectivity index (χ2v) is 10.5. The van der Waals surface area contributed by atoms with Gasteiger partial charge in [-0.25, -0.2) is 4.98 Å². The summed E-state index contributed by atoms with van der Waals surface area (Å²) in [6, 6.07) is 8.29. The maximum Gasteiger partial charge on any atom is 0.257 e. The van der Waals surface area contributed by atoms with Crippen molar-refractivity contribution in [2.24, 2.45) is 5.41 Å². The van der Waals surface area contributed by atoms with Crippen LogP contribution >= 0.6 is 11.8 Å². The number of ketones is 1. The molecule has 32 heavy (non-hydrogen) atoms. The second kappa shape index (κ2) is 8.77. The highest BCUT2D eigenvalue weighted by Crippen LogP contribution is 2.47. The molecule has 1 aliphatic heterocycles. The van der Waals surface area contributed by atoms with E-state index in [1.807, 2.05) is 6.92 Å². The number of hydrogen-bond donors (Lipinski definition) is 2. The molecule has 170 valence electrons. The Morgan fingerprint density at radius 1 is 1.09 bits per heavy atom. The number of aromatic nitrogens is 2. The number of benzene rings is 1. The van der Waals surface area contributed by atoms with Gasteiger partial charge in [-0.2, -0.15) is 0 Å². The first-order valence-corrected chi connectivity index (χ1v) is 12.4. The lowest BCUT2D eigenvalue weighted by Crippen LogP contribution is -2.37. The molecule has 2 N–H and O–H groups in total. The van der Waals surface area contributed by atoms with Crippen molar-refractivity contribution < 1.29 is 4.79 Å². The summed E-state index contributed by atoms with van der Waals surface area (Å²) in [7, 11) is 0. The number of allylic oxidation sites excluding steroid dienone is 2. The van der Waals surface area contributed by atoms with Gasteiger partial charge in [0.05, 0.1) is 5.56 Å². The summed E-state index contributed by atoms with van der Waals surface area (Å²) in [6.07, 6.45) is 1.23. The highest BCUT2D eigenvalue weighted by molar-refractivity contribution is 7.99. The first-order valence-electron chi connectivity index (χ1n) is 11.4. The summed E-state index contributed by atoms with van der Waals surface area (Å²) in [6.45, 7) is 12.4. The number of carbonyl (C=O) groups is 1. The van der Waals surface area contributed by atoms with Gasteiger partial charge in [0.15, 0.2) is 10.9 Å². The maximum absolute atomic E-state index is 13.3. The van der Waals surface area contributed by atoms with E-state index in [1.54, 1.807) is 0 Å². The molecule has 1 aliphatic carbocycles. The van der Waals surface area contributed by atoms with Crippen molar-refractivity contribution in [3.8, 4) is 0 Å². The number of carbonyl (C=O) groups excluding carboxylic acids is 1. The molecular formula is C25H32N4O2S. The molecule has 0 unspecified atom stereocenters. The van der Waals surface area contributed by atoms with Crippen LogP contribution in [0.4, 0.5) is 11.5 Å². The summed E-state index contributed by atoms with van der Waals surface area (Å²) in [4.78, 5) is 36.5.